The molecule has 0 amide bonds. The number of methoxy groups -OCH3 is 1. The van der Waals surface area contributed by atoms with Gasteiger partial charge in [-0.2, -0.15) is 0 Å². The molecule has 104 valence electrons. The van der Waals surface area contributed by atoms with E-state index in [1.54, 1.807) is 12.1 Å². The van der Waals surface area contributed by atoms with Crippen molar-refractivity contribution in [3.05, 3.63) is 33.9 Å². The summed E-state index contributed by atoms with van der Waals surface area (Å²) < 4.78 is 5.01. The van der Waals surface area contributed by atoms with Crippen LogP contribution in [0.25, 0.3) is 0 Å². The van der Waals surface area contributed by atoms with Crippen LogP contribution < -0.4 is 10.1 Å². The highest BCUT2D eigenvalue weighted by Gasteiger charge is 2.20. The number of nitrogens with zero attached hydrogens (tertiary/aromatic N) is 2. The molecule has 19 heavy (non-hydrogen) atoms. The van der Waals surface area contributed by atoms with Gasteiger partial charge in [-0.3, -0.25) is 15.0 Å². The molecule has 1 N–H and O–H groups in total. The standard InChI is InChI=1S/C13H19N3O3/c1-10-8-14-5-6-15(10)9-11-3-4-13(19-2)12(7-11)16(17)18/h3-4,7,10,14H,5-6,8-9H2,1-2H3/t10-/m1/s1. The minimum Gasteiger partial charge on any atom is -0.490 e. The first-order valence-electron chi connectivity index (χ1n) is 6.38. The molecule has 2 rings (SSSR count). The van der Waals surface area contributed by atoms with Crippen molar-refractivity contribution in [1.29, 1.82) is 0 Å². The number of hydrogen-bond donors (Lipinski definition) is 1. The van der Waals surface area contributed by atoms with E-state index in [9.17, 15) is 10.1 Å². The number of piperazine rings is 1. The van der Waals surface area contributed by atoms with E-state index in [-0.39, 0.29) is 5.69 Å². The van der Waals surface area contributed by atoms with E-state index in [0.29, 0.717) is 11.8 Å². The summed E-state index contributed by atoms with van der Waals surface area (Å²) in [7, 11) is 1.44. The summed E-state index contributed by atoms with van der Waals surface area (Å²) in [6.07, 6.45) is 0. The predicted octanol–water partition coefficient (Wildman–Crippen LogP) is 1.40. The number of rotatable bonds is 4. The van der Waals surface area contributed by atoms with Crippen LogP contribution in [-0.2, 0) is 6.54 Å². The Bertz CT molecular complexity index is 464. The van der Waals surface area contributed by atoms with Crippen LogP contribution in [0.5, 0.6) is 5.75 Å². The molecule has 0 aliphatic carbocycles. The molecular weight excluding hydrogens is 246 g/mol. The van der Waals surface area contributed by atoms with Crippen LogP contribution >= 0.6 is 0 Å². The topological polar surface area (TPSA) is 67.6 Å². The van der Waals surface area contributed by atoms with Gasteiger partial charge in [0.2, 0.25) is 0 Å². The molecule has 6 heteroatoms. The van der Waals surface area contributed by atoms with Crippen LogP contribution in [0, 0.1) is 10.1 Å². The number of nitro groups is 1. The van der Waals surface area contributed by atoms with Gasteiger partial charge in [-0.25, -0.2) is 0 Å². The first kappa shape index (κ1) is 13.8. The number of nitrogens with one attached hydrogen (secondary N) is 1. The second kappa shape index (κ2) is 5.99. The van der Waals surface area contributed by atoms with Crippen molar-refractivity contribution in [3.63, 3.8) is 0 Å². The van der Waals surface area contributed by atoms with Gasteiger partial charge in [0, 0.05) is 38.3 Å². The van der Waals surface area contributed by atoms with E-state index < -0.39 is 4.92 Å². The first-order valence-corrected chi connectivity index (χ1v) is 6.38. The van der Waals surface area contributed by atoms with Crippen molar-refractivity contribution < 1.29 is 9.66 Å². The molecule has 0 saturated carbocycles. The molecule has 1 aliphatic rings. The number of nitro benzene ring substituents is 1. The Labute approximate surface area is 112 Å². The molecule has 0 radical (unpaired) electrons. The highest BCUT2D eigenvalue weighted by atomic mass is 16.6. The van der Waals surface area contributed by atoms with E-state index in [1.165, 1.54) is 7.11 Å². The first-order chi connectivity index (χ1) is 9.11. The molecule has 0 spiro atoms. The van der Waals surface area contributed by atoms with Crippen molar-refractivity contribution >= 4 is 5.69 Å². The Hall–Kier alpha value is -1.66. The lowest BCUT2D eigenvalue weighted by Crippen LogP contribution is -2.49. The summed E-state index contributed by atoms with van der Waals surface area (Å²) in [5.74, 6) is 0.308. The molecule has 1 atom stereocenters. The van der Waals surface area contributed by atoms with Crippen LogP contribution in [0.2, 0.25) is 0 Å². The van der Waals surface area contributed by atoms with Gasteiger partial charge < -0.3 is 10.1 Å². The van der Waals surface area contributed by atoms with Crippen molar-refractivity contribution in [2.45, 2.75) is 19.5 Å². The van der Waals surface area contributed by atoms with E-state index in [4.69, 9.17) is 4.74 Å². The lowest BCUT2D eigenvalue weighted by molar-refractivity contribution is -0.385. The second-order valence-electron chi connectivity index (χ2n) is 4.79. The van der Waals surface area contributed by atoms with E-state index >= 15 is 0 Å². The van der Waals surface area contributed by atoms with Crippen LogP contribution in [0.4, 0.5) is 5.69 Å². The molecule has 1 heterocycles. The van der Waals surface area contributed by atoms with Crippen LogP contribution in [0.3, 0.4) is 0 Å². The number of benzene rings is 1. The number of hydrogen-bond acceptors (Lipinski definition) is 5. The third-order valence-corrected chi connectivity index (χ3v) is 3.46. The van der Waals surface area contributed by atoms with Crippen molar-refractivity contribution in [2.24, 2.45) is 0 Å². The quantitative estimate of drug-likeness (QED) is 0.658. The Morgan fingerprint density at radius 1 is 1.58 bits per heavy atom. The largest absolute Gasteiger partial charge is 0.490 e. The van der Waals surface area contributed by atoms with E-state index in [1.807, 2.05) is 6.07 Å². The maximum absolute atomic E-state index is 11.0. The van der Waals surface area contributed by atoms with Crippen molar-refractivity contribution in [3.8, 4) is 5.75 Å². The molecule has 6 nitrogen and oxygen atoms in total. The third-order valence-electron chi connectivity index (χ3n) is 3.46. The lowest BCUT2D eigenvalue weighted by atomic mass is 10.1. The normalized spacial score (nSPS) is 20.2. The maximum atomic E-state index is 11.0. The van der Waals surface area contributed by atoms with Crippen LogP contribution in [0.1, 0.15) is 12.5 Å². The van der Waals surface area contributed by atoms with Gasteiger partial charge in [0.1, 0.15) is 0 Å². The molecule has 1 aromatic rings. The molecule has 0 bridgehead atoms. The monoisotopic (exact) mass is 265 g/mol. The van der Waals surface area contributed by atoms with Crippen molar-refractivity contribution in [2.75, 3.05) is 26.7 Å². The summed E-state index contributed by atoms with van der Waals surface area (Å²) in [6, 6.07) is 5.60. The second-order valence-corrected chi connectivity index (χ2v) is 4.79. The minimum absolute atomic E-state index is 0.0304. The van der Waals surface area contributed by atoms with Gasteiger partial charge in [0.25, 0.3) is 0 Å². The fourth-order valence-electron chi connectivity index (χ4n) is 2.33. The van der Waals surface area contributed by atoms with Crippen LogP contribution in [0.15, 0.2) is 18.2 Å². The summed E-state index contributed by atoms with van der Waals surface area (Å²) in [5.41, 5.74) is 0.976. The lowest BCUT2D eigenvalue weighted by Gasteiger charge is -2.33. The van der Waals surface area contributed by atoms with Gasteiger partial charge in [-0.1, -0.05) is 6.07 Å². The zero-order valence-corrected chi connectivity index (χ0v) is 11.3. The highest BCUT2D eigenvalue weighted by Crippen LogP contribution is 2.28. The van der Waals surface area contributed by atoms with Gasteiger partial charge in [0.05, 0.1) is 12.0 Å². The summed E-state index contributed by atoms with van der Waals surface area (Å²) >= 11 is 0. The number of ether oxygens (including phenoxy) is 1. The Kier molecular flexibility index (Phi) is 4.34. The third kappa shape index (κ3) is 3.21. The molecule has 0 unspecified atom stereocenters. The fraction of sp³-hybridized carbons (Fsp3) is 0.538. The Morgan fingerprint density at radius 3 is 3.00 bits per heavy atom. The molecule has 0 aromatic heterocycles. The molecule has 1 saturated heterocycles. The molecular formula is C13H19N3O3. The summed E-state index contributed by atoms with van der Waals surface area (Å²) in [4.78, 5) is 12.9. The Balaban J connectivity index is 2.16. The van der Waals surface area contributed by atoms with Gasteiger partial charge in [-0.05, 0) is 18.6 Å². The predicted molar refractivity (Wildman–Crippen MR) is 72.4 cm³/mol. The van der Waals surface area contributed by atoms with E-state index in [2.05, 4.69) is 17.1 Å². The summed E-state index contributed by atoms with van der Waals surface area (Å²) in [6.45, 7) is 5.76. The zero-order valence-electron chi connectivity index (χ0n) is 11.3. The van der Waals surface area contributed by atoms with E-state index in [0.717, 1.165) is 31.7 Å². The average Bonchev–Trinajstić information content (AvgIpc) is 2.41. The summed E-state index contributed by atoms with van der Waals surface area (Å²) in [5, 5.41) is 14.3. The van der Waals surface area contributed by atoms with Gasteiger partial charge >= 0.3 is 5.69 Å². The fourth-order valence-corrected chi connectivity index (χ4v) is 2.33. The molecule has 1 fully saturated rings. The minimum atomic E-state index is -0.399. The highest BCUT2D eigenvalue weighted by molar-refractivity contribution is 5.48. The van der Waals surface area contributed by atoms with Crippen LogP contribution in [-0.4, -0.2) is 42.6 Å². The molecule has 1 aromatic carbocycles. The maximum Gasteiger partial charge on any atom is 0.311 e. The van der Waals surface area contributed by atoms with Crippen molar-refractivity contribution in [1.82, 2.24) is 10.2 Å². The smallest absolute Gasteiger partial charge is 0.311 e. The van der Waals surface area contributed by atoms with Gasteiger partial charge in [-0.15, -0.1) is 0 Å². The molecule has 1 aliphatic heterocycles. The average molecular weight is 265 g/mol. The zero-order chi connectivity index (χ0) is 13.8. The van der Waals surface area contributed by atoms with Gasteiger partial charge in [0.15, 0.2) is 5.75 Å². The Morgan fingerprint density at radius 2 is 2.37 bits per heavy atom. The SMILES string of the molecule is COc1ccc(CN2CCNC[C@H]2C)cc1[N+](=O)[O-].